The van der Waals surface area contributed by atoms with Gasteiger partial charge in [-0.1, -0.05) is 25.5 Å². The van der Waals surface area contributed by atoms with Gasteiger partial charge >= 0.3 is 6.09 Å². The Bertz CT molecular complexity index is 226. The van der Waals surface area contributed by atoms with Crippen LogP contribution in [0.2, 0.25) is 0 Å². The van der Waals surface area contributed by atoms with Crippen molar-refractivity contribution >= 4 is 6.09 Å². The Labute approximate surface area is 91.9 Å². The molecule has 0 bridgehead atoms. The summed E-state index contributed by atoms with van der Waals surface area (Å²) in [5.74, 6) is 0. The van der Waals surface area contributed by atoms with E-state index in [9.17, 15) is 4.79 Å². The van der Waals surface area contributed by atoms with Gasteiger partial charge in [-0.15, -0.1) is 0 Å². The Hall–Kier alpha value is -0.990. The third-order valence-electron chi connectivity index (χ3n) is 2.67. The fourth-order valence-electron chi connectivity index (χ4n) is 1.79. The van der Waals surface area contributed by atoms with Crippen molar-refractivity contribution in [3.05, 3.63) is 12.2 Å². The van der Waals surface area contributed by atoms with Gasteiger partial charge in [-0.25, -0.2) is 4.79 Å². The number of rotatable bonds is 4. The Kier molecular flexibility index (Phi) is 5.22. The molecule has 1 N–H and O–H groups in total. The lowest BCUT2D eigenvalue weighted by atomic mass is 9.92. The zero-order valence-corrected chi connectivity index (χ0v) is 9.55. The molecule has 0 aliphatic heterocycles. The van der Waals surface area contributed by atoms with Gasteiger partial charge < -0.3 is 10.1 Å². The van der Waals surface area contributed by atoms with E-state index >= 15 is 0 Å². The number of unbranched alkanes of at least 4 members (excludes halogenated alkanes) is 1. The third-order valence-corrected chi connectivity index (χ3v) is 2.67. The van der Waals surface area contributed by atoms with Gasteiger partial charge in [-0.2, -0.15) is 0 Å². The highest BCUT2D eigenvalue weighted by molar-refractivity contribution is 5.67. The van der Waals surface area contributed by atoms with Crippen molar-refractivity contribution in [3.63, 3.8) is 0 Å². The van der Waals surface area contributed by atoms with Gasteiger partial charge in [-0.05, 0) is 32.1 Å². The Morgan fingerprint density at radius 2 is 2.47 bits per heavy atom. The van der Waals surface area contributed by atoms with Crippen molar-refractivity contribution in [2.75, 3.05) is 6.61 Å². The standard InChI is InChI=1S/C12H21NO2/c1-3-4-8-15-12(14)13-11-7-5-6-10(2)9-11/h11H,2-9H2,1H3,(H,13,14). The summed E-state index contributed by atoms with van der Waals surface area (Å²) in [5.41, 5.74) is 1.24. The van der Waals surface area contributed by atoms with Crippen LogP contribution in [0.25, 0.3) is 0 Å². The summed E-state index contributed by atoms with van der Waals surface area (Å²) >= 11 is 0. The number of carbonyl (C=O) groups excluding carboxylic acids is 1. The Morgan fingerprint density at radius 1 is 1.67 bits per heavy atom. The second-order valence-corrected chi connectivity index (χ2v) is 4.18. The van der Waals surface area contributed by atoms with Crippen LogP contribution in [0.4, 0.5) is 4.79 Å². The fourth-order valence-corrected chi connectivity index (χ4v) is 1.79. The zero-order chi connectivity index (χ0) is 11.1. The summed E-state index contributed by atoms with van der Waals surface area (Å²) < 4.78 is 5.04. The number of carbonyl (C=O) groups is 1. The molecular formula is C12H21NO2. The average molecular weight is 211 g/mol. The van der Waals surface area contributed by atoms with Crippen LogP contribution in [0.1, 0.15) is 45.4 Å². The molecule has 0 aromatic rings. The highest BCUT2D eigenvalue weighted by atomic mass is 16.5. The zero-order valence-electron chi connectivity index (χ0n) is 9.55. The number of hydrogen-bond donors (Lipinski definition) is 1. The van der Waals surface area contributed by atoms with E-state index in [-0.39, 0.29) is 12.1 Å². The van der Waals surface area contributed by atoms with Crippen LogP contribution in [0.5, 0.6) is 0 Å². The molecule has 1 rings (SSSR count). The topological polar surface area (TPSA) is 38.3 Å². The van der Waals surface area contributed by atoms with Crippen LogP contribution in [0, 0.1) is 0 Å². The van der Waals surface area contributed by atoms with Crippen molar-refractivity contribution in [2.45, 2.75) is 51.5 Å². The van der Waals surface area contributed by atoms with Gasteiger partial charge in [0.05, 0.1) is 6.61 Å². The molecule has 0 aromatic carbocycles. The molecule has 1 atom stereocenters. The van der Waals surface area contributed by atoms with E-state index in [4.69, 9.17) is 4.74 Å². The number of amides is 1. The van der Waals surface area contributed by atoms with Crippen molar-refractivity contribution in [1.82, 2.24) is 5.32 Å². The molecule has 1 saturated carbocycles. The van der Waals surface area contributed by atoms with Gasteiger partial charge in [0, 0.05) is 6.04 Å². The molecule has 3 heteroatoms. The maximum atomic E-state index is 11.3. The van der Waals surface area contributed by atoms with Gasteiger partial charge in [-0.3, -0.25) is 0 Å². The first kappa shape index (κ1) is 12.1. The van der Waals surface area contributed by atoms with Gasteiger partial charge in [0.15, 0.2) is 0 Å². The lowest BCUT2D eigenvalue weighted by Crippen LogP contribution is -2.37. The first-order chi connectivity index (χ1) is 7.22. The van der Waals surface area contributed by atoms with Crippen LogP contribution in [0.15, 0.2) is 12.2 Å². The van der Waals surface area contributed by atoms with E-state index in [2.05, 4.69) is 18.8 Å². The molecule has 0 radical (unpaired) electrons. The third kappa shape index (κ3) is 4.86. The van der Waals surface area contributed by atoms with Crippen molar-refractivity contribution in [3.8, 4) is 0 Å². The monoisotopic (exact) mass is 211 g/mol. The van der Waals surface area contributed by atoms with Gasteiger partial charge in [0.1, 0.15) is 0 Å². The van der Waals surface area contributed by atoms with Gasteiger partial charge in [0.2, 0.25) is 0 Å². The van der Waals surface area contributed by atoms with Crippen molar-refractivity contribution in [1.29, 1.82) is 0 Å². The SMILES string of the molecule is C=C1CCCC(NC(=O)OCCCC)C1. The summed E-state index contributed by atoms with van der Waals surface area (Å²) in [6.45, 7) is 6.55. The van der Waals surface area contributed by atoms with Crippen LogP contribution in [-0.4, -0.2) is 18.7 Å². The van der Waals surface area contributed by atoms with Crippen LogP contribution < -0.4 is 5.32 Å². The molecule has 0 aromatic heterocycles. The Morgan fingerprint density at radius 3 is 3.13 bits per heavy atom. The number of alkyl carbamates (subject to hydrolysis) is 1. The summed E-state index contributed by atoms with van der Waals surface area (Å²) in [7, 11) is 0. The first-order valence-electron chi connectivity index (χ1n) is 5.82. The second kappa shape index (κ2) is 6.49. The number of nitrogens with one attached hydrogen (secondary N) is 1. The molecule has 1 unspecified atom stereocenters. The summed E-state index contributed by atoms with van der Waals surface area (Å²) in [6.07, 6.45) is 5.88. The normalized spacial score (nSPS) is 21.1. The molecule has 1 aliphatic carbocycles. The minimum Gasteiger partial charge on any atom is -0.450 e. The van der Waals surface area contributed by atoms with Crippen LogP contribution in [0.3, 0.4) is 0 Å². The van der Waals surface area contributed by atoms with E-state index in [0.29, 0.717) is 6.61 Å². The number of hydrogen-bond acceptors (Lipinski definition) is 2. The van der Waals surface area contributed by atoms with Crippen molar-refractivity contribution < 1.29 is 9.53 Å². The number of ether oxygens (including phenoxy) is 1. The molecule has 1 amide bonds. The van der Waals surface area contributed by atoms with Crippen molar-refractivity contribution in [2.24, 2.45) is 0 Å². The minimum atomic E-state index is -0.275. The minimum absolute atomic E-state index is 0.236. The summed E-state index contributed by atoms with van der Waals surface area (Å²) in [6, 6.07) is 0.236. The first-order valence-corrected chi connectivity index (χ1v) is 5.82. The summed E-state index contributed by atoms with van der Waals surface area (Å²) in [4.78, 5) is 11.3. The Balaban J connectivity index is 2.16. The maximum absolute atomic E-state index is 11.3. The molecule has 15 heavy (non-hydrogen) atoms. The highest BCUT2D eigenvalue weighted by Gasteiger charge is 2.17. The molecule has 0 spiro atoms. The quantitative estimate of drug-likeness (QED) is 0.573. The van der Waals surface area contributed by atoms with Gasteiger partial charge in [0.25, 0.3) is 0 Å². The largest absolute Gasteiger partial charge is 0.450 e. The predicted molar refractivity (Wildman–Crippen MR) is 60.8 cm³/mol. The molecule has 1 aliphatic rings. The van der Waals surface area contributed by atoms with Crippen LogP contribution in [-0.2, 0) is 4.74 Å². The van der Waals surface area contributed by atoms with E-state index in [0.717, 1.165) is 38.5 Å². The second-order valence-electron chi connectivity index (χ2n) is 4.18. The highest BCUT2D eigenvalue weighted by Crippen LogP contribution is 2.21. The molecular weight excluding hydrogens is 190 g/mol. The van der Waals surface area contributed by atoms with E-state index < -0.39 is 0 Å². The van der Waals surface area contributed by atoms with Crippen LogP contribution >= 0.6 is 0 Å². The average Bonchev–Trinajstić information content (AvgIpc) is 2.18. The van der Waals surface area contributed by atoms with E-state index in [1.807, 2.05) is 0 Å². The maximum Gasteiger partial charge on any atom is 0.407 e. The molecule has 1 fully saturated rings. The predicted octanol–water partition coefficient (Wildman–Crippen LogP) is 3.01. The summed E-state index contributed by atoms with van der Waals surface area (Å²) in [5, 5.41) is 2.89. The lowest BCUT2D eigenvalue weighted by Gasteiger charge is -2.24. The van der Waals surface area contributed by atoms with E-state index in [1.54, 1.807) is 0 Å². The molecule has 0 saturated heterocycles. The molecule has 0 heterocycles. The fraction of sp³-hybridized carbons (Fsp3) is 0.750. The smallest absolute Gasteiger partial charge is 0.407 e. The molecule has 86 valence electrons. The lowest BCUT2D eigenvalue weighted by molar-refractivity contribution is 0.139. The molecule has 3 nitrogen and oxygen atoms in total. The van der Waals surface area contributed by atoms with E-state index in [1.165, 1.54) is 5.57 Å².